The van der Waals surface area contributed by atoms with Crippen LogP contribution in [0.4, 0.5) is 10.1 Å². The smallest absolute Gasteiger partial charge is 0.253 e. The molecule has 0 aliphatic carbocycles. The number of benzene rings is 2. The molecule has 1 saturated heterocycles. The van der Waals surface area contributed by atoms with Crippen LogP contribution in [-0.4, -0.2) is 44.1 Å². The van der Waals surface area contributed by atoms with E-state index in [2.05, 4.69) is 4.90 Å². The maximum Gasteiger partial charge on any atom is 0.253 e. The molecule has 0 saturated carbocycles. The third kappa shape index (κ3) is 4.26. The molecule has 0 atom stereocenters. The first-order valence-electron chi connectivity index (χ1n) is 8.29. The second kappa shape index (κ2) is 8.87. The summed E-state index contributed by atoms with van der Waals surface area (Å²) in [4.78, 5) is 16.5. The van der Waals surface area contributed by atoms with E-state index in [9.17, 15) is 9.18 Å². The lowest BCUT2D eigenvalue weighted by Crippen LogP contribution is -2.48. The number of ether oxygens (including phenoxy) is 1. The van der Waals surface area contributed by atoms with Crippen LogP contribution in [0.1, 0.15) is 15.9 Å². The van der Waals surface area contributed by atoms with Gasteiger partial charge in [-0.15, -0.1) is 12.4 Å². The highest BCUT2D eigenvalue weighted by molar-refractivity contribution is 5.94. The summed E-state index contributed by atoms with van der Waals surface area (Å²) in [7, 11) is 1.45. The lowest BCUT2D eigenvalue weighted by atomic mass is 10.1. The Bertz CT molecular complexity index is 747. The Morgan fingerprint density at radius 2 is 1.77 bits per heavy atom. The number of nitrogens with zero attached hydrogens (tertiary/aromatic N) is 2. The van der Waals surface area contributed by atoms with Crippen LogP contribution >= 0.6 is 12.4 Å². The minimum atomic E-state index is -0.376. The fraction of sp³-hybridized carbons (Fsp3) is 0.316. The van der Waals surface area contributed by atoms with E-state index in [4.69, 9.17) is 10.5 Å². The number of carbonyl (C=O) groups excluding carboxylic acids is 1. The molecular formula is C19H23ClFN3O2. The minimum Gasteiger partial charge on any atom is -0.494 e. The molecule has 2 N–H and O–H groups in total. The normalized spacial score (nSPS) is 14.0. The summed E-state index contributed by atoms with van der Waals surface area (Å²) in [5.74, 6) is -0.124. The maximum atomic E-state index is 13.9. The highest BCUT2D eigenvalue weighted by Crippen LogP contribution is 2.24. The number of amides is 1. The van der Waals surface area contributed by atoms with Crippen LogP contribution in [0.25, 0.3) is 0 Å². The fourth-order valence-electron chi connectivity index (χ4n) is 2.99. The molecule has 3 rings (SSSR count). The zero-order chi connectivity index (χ0) is 17.8. The van der Waals surface area contributed by atoms with E-state index in [1.807, 2.05) is 35.2 Å². The van der Waals surface area contributed by atoms with Gasteiger partial charge in [-0.1, -0.05) is 12.1 Å². The standard InChI is InChI=1S/C19H22FN3O2.ClH/c1-25-18-7-6-16(12-17(18)20)22-8-10-23(11-9-22)19(24)15-4-2-14(13-21)3-5-15;/h2-7,12H,8-11,13,21H2,1H3;1H. The van der Waals surface area contributed by atoms with Crippen molar-refractivity contribution >= 4 is 24.0 Å². The van der Waals surface area contributed by atoms with Gasteiger partial charge >= 0.3 is 0 Å². The Hall–Kier alpha value is -2.31. The molecule has 1 heterocycles. The molecule has 0 radical (unpaired) electrons. The van der Waals surface area contributed by atoms with Crippen molar-refractivity contribution in [2.45, 2.75) is 6.54 Å². The van der Waals surface area contributed by atoms with Crippen LogP contribution in [-0.2, 0) is 6.54 Å². The zero-order valence-corrected chi connectivity index (χ0v) is 15.5. The number of piperazine rings is 1. The number of rotatable bonds is 4. The van der Waals surface area contributed by atoms with Gasteiger partial charge in [0.05, 0.1) is 7.11 Å². The number of nitrogens with two attached hydrogens (primary N) is 1. The number of hydrogen-bond donors (Lipinski definition) is 1. The van der Waals surface area contributed by atoms with Crippen LogP contribution in [0.2, 0.25) is 0 Å². The van der Waals surface area contributed by atoms with Gasteiger partial charge in [0.2, 0.25) is 0 Å². The van der Waals surface area contributed by atoms with E-state index in [-0.39, 0.29) is 29.9 Å². The van der Waals surface area contributed by atoms with Crippen LogP contribution in [0.3, 0.4) is 0 Å². The Kier molecular flexibility index (Phi) is 6.83. The Morgan fingerprint density at radius 1 is 1.12 bits per heavy atom. The van der Waals surface area contributed by atoms with E-state index in [0.717, 1.165) is 11.3 Å². The average molecular weight is 380 g/mol. The van der Waals surface area contributed by atoms with Gasteiger partial charge < -0.3 is 20.3 Å². The highest BCUT2D eigenvalue weighted by atomic mass is 35.5. The molecule has 1 aliphatic rings. The van der Waals surface area contributed by atoms with Gasteiger partial charge in [-0.3, -0.25) is 4.79 Å². The lowest BCUT2D eigenvalue weighted by Gasteiger charge is -2.36. The quantitative estimate of drug-likeness (QED) is 0.887. The summed E-state index contributed by atoms with van der Waals surface area (Å²) < 4.78 is 18.8. The molecule has 0 bridgehead atoms. The zero-order valence-electron chi connectivity index (χ0n) is 14.7. The molecule has 0 unspecified atom stereocenters. The van der Waals surface area contributed by atoms with Gasteiger partial charge in [0.25, 0.3) is 5.91 Å². The molecule has 7 heteroatoms. The summed E-state index contributed by atoms with van der Waals surface area (Å²) in [6, 6.07) is 12.3. The van der Waals surface area contributed by atoms with Gasteiger partial charge in [-0.2, -0.15) is 0 Å². The van der Waals surface area contributed by atoms with Crippen molar-refractivity contribution in [1.29, 1.82) is 0 Å². The molecule has 0 aromatic heterocycles. The Balaban J connectivity index is 0.00000243. The second-order valence-corrected chi connectivity index (χ2v) is 6.00. The van der Waals surface area contributed by atoms with Crippen LogP contribution in [0.15, 0.2) is 42.5 Å². The van der Waals surface area contributed by atoms with Crippen molar-refractivity contribution in [2.75, 3.05) is 38.2 Å². The Morgan fingerprint density at radius 3 is 2.31 bits per heavy atom. The molecule has 140 valence electrons. The maximum absolute atomic E-state index is 13.9. The van der Waals surface area contributed by atoms with Gasteiger partial charge in [-0.25, -0.2) is 4.39 Å². The summed E-state index contributed by atoms with van der Waals surface area (Å²) in [5.41, 5.74) is 8.06. The fourth-order valence-corrected chi connectivity index (χ4v) is 2.99. The third-order valence-corrected chi connectivity index (χ3v) is 4.50. The molecule has 2 aromatic carbocycles. The number of carbonyl (C=O) groups is 1. The molecule has 1 aliphatic heterocycles. The van der Waals surface area contributed by atoms with Crippen molar-refractivity contribution in [3.63, 3.8) is 0 Å². The molecule has 26 heavy (non-hydrogen) atoms. The summed E-state index contributed by atoms with van der Waals surface area (Å²) >= 11 is 0. The van der Waals surface area contributed by atoms with E-state index < -0.39 is 0 Å². The summed E-state index contributed by atoms with van der Waals surface area (Å²) in [5, 5.41) is 0. The van der Waals surface area contributed by atoms with Crippen molar-refractivity contribution < 1.29 is 13.9 Å². The van der Waals surface area contributed by atoms with Gasteiger partial charge in [0, 0.05) is 50.0 Å². The van der Waals surface area contributed by atoms with Crippen LogP contribution in [0, 0.1) is 5.82 Å². The molecule has 1 amide bonds. The third-order valence-electron chi connectivity index (χ3n) is 4.50. The van der Waals surface area contributed by atoms with Crippen molar-refractivity contribution in [1.82, 2.24) is 4.90 Å². The molecule has 2 aromatic rings. The van der Waals surface area contributed by atoms with E-state index in [1.54, 1.807) is 6.07 Å². The summed E-state index contributed by atoms with van der Waals surface area (Å²) in [6.07, 6.45) is 0. The van der Waals surface area contributed by atoms with E-state index >= 15 is 0 Å². The number of halogens is 2. The number of hydrogen-bond acceptors (Lipinski definition) is 4. The van der Waals surface area contributed by atoms with Crippen molar-refractivity contribution in [2.24, 2.45) is 5.73 Å². The van der Waals surface area contributed by atoms with Crippen molar-refractivity contribution in [3.8, 4) is 5.75 Å². The SMILES string of the molecule is COc1ccc(N2CCN(C(=O)c3ccc(CN)cc3)CC2)cc1F.Cl. The number of methoxy groups -OCH3 is 1. The van der Waals surface area contributed by atoms with Gasteiger partial charge in [0.15, 0.2) is 11.6 Å². The summed E-state index contributed by atoms with van der Waals surface area (Å²) in [6.45, 7) is 3.00. The van der Waals surface area contributed by atoms with Crippen LogP contribution < -0.4 is 15.4 Å². The molecule has 1 fully saturated rings. The first-order chi connectivity index (χ1) is 12.1. The predicted octanol–water partition coefficient (Wildman–Crippen LogP) is 2.68. The Labute approximate surface area is 158 Å². The first-order valence-corrected chi connectivity index (χ1v) is 8.29. The molecule has 0 spiro atoms. The highest BCUT2D eigenvalue weighted by Gasteiger charge is 2.22. The van der Waals surface area contributed by atoms with E-state index in [0.29, 0.717) is 38.3 Å². The minimum absolute atomic E-state index is 0. The topological polar surface area (TPSA) is 58.8 Å². The monoisotopic (exact) mass is 379 g/mol. The lowest BCUT2D eigenvalue weighted by molar-refractivity contribution is 0.0746. The second-order valence-electron chi connectivity index (χ2n) is 6.00. The van der Waals surface area contributed by atoms with E-state index in [1.165, 1.54) is 13.2 Å². The molecule has 5 nitrogen and oxygen atoms in total. The first kappa shape index (κ1) is 20.0. The van der Waals surface area contributed by atoms with Crippen molar-refractivity contribution in [3.05, 3.63) is 59.4 Å². The predicted molar refractivity (Wildman–Crippen MR) is 103 cm³/mol. The van der Waals surface area contributed by atoms with Gasteiger partial charge in [-0.05, 0) is 29.8 Å². The average Bonchev–Trinajstić information content (AvgIpc) is 2.67. The van der Waals surface area contributed by atoms with Gasteiger partial charge in [0.1, 0.15) is 0 Å². The van der Waals surface area contributed by atoms with Crippen LogP contribution in [0.5, 0.6) is 5.75 Å². The molecular weight excluding hydrogens is 357 g/mol. The largest absolute Gasteiger partial charge is 0.494 e. The number of anilines is 1.